The third-order valence-electron chi connectivity index (χ3n) is 15.8. The zero-order valence-corrected chi connectivity index (χ0v) is 36.9. The summed E-state index contributed by atoms with van der Waals surface area (Å²) in [5, 5.41) is 2.48. The molecular formula is C55H52N6. The monoisotopic (exact) mass is 796 g/mol. The topological polar surface area (TPSA) is 57.0 Å². The first-order valence-electron chi connectivity index (χ1n) is 21.6. The molecule has 0 saturated carbocycles. The summed E-state index contributed by atoms with van der Waals surface area (Å²) >= 11 is 0. The van der Waals surface area contributed by atoms with Crippen LogP contribution in [-0.2, 0) is 5.41 Å². The molecule has 61 heavy (non-hydrogen) atoms. The van der Waals surface area contributed by atoms with Gasteiger partial charge in [-0.3, -0.25) is 20.0 Å². The number of amidine groups is 2. The van der Waals surface area contributed by atoms with Crippen LogP contribution in [0.1, 0.15) is 89.0 Å². The normalized spacial score (nSPS) is 19.1. The second kappa shape index (κ2) is 12.3. The van der Waals surface area contributed by atoms with E-state index in [1.165, 1.54) is 55.3 Å². The maximum atomic E-state index is 5.14. The van der Waals surface area contributed by atoms with E-state index in [4.69, 9.17) is 20.0 Å². The van der Waals surface area contributed by atoms with Crippen molar-refractivity contribution in [1.29, 1.82) is 0 Å². The molecule has 6 heteroatoms. The van der Waals surface area contributed by atoms with Crippen molar-refractivity contribution >= 4 is 22.4 Å². The molecule has 11 rings (SSSR count). The lowest BCUT2D eigenvalue weighted by Crippen LogP contribution is -2.51. The first-order valence-corrected chi connectivity index (χ1v) is 21.6. The minimum atomic E-state index is -0.500. The van der Waals surface area contributed by atoms with E-state index in [2.05, 4.69) is 201 Å². The van der Waals surface area contributed by atoms with Crippen LogP contribution >= 0.6 is 0 Å². The van der Waals surface area contributed by atoms with E-state index < -0.39 is 5.41 Å². The highest BCUT2D eigenvalue weighted by Gasteiger charge is 2.53. The molecule has 1 spiro atoms. The van der Waals surface area contributed by atoms with Crippen LogP contribution in [0.5, 0.6) is 0 Å². The Balaban J connectivity index is 1.04. The number of pyridine rings is 2. The largest absolute Gasteiger partial charge is 0.351 e. The zero-order chi connectivity index (χ0) is 42.4. The van der Waals surface area contributed by atoms with E-state index >= 15 is 0 Å². The van der Waals surface area contributed by atoms with Gasteiger partial charge in [0.1, 0.15) is 11.4 Å². The van der Waals surface area contributed by atoms with Gasteiger partial charge < -0.3 is 9.80 Å². The van der Waals surface area contributed by atoms with Crippen LogP contribution in [0.15, 0.2) is 144 Å². The molecule has 0 amide bonds. The summed E-state index contributed by atoms with van der Waals surface area (Å²) in [4.78, 5) is 24.8. The molecule has 2 aliphatic carbocycles. The van der Waals surface area contributed by atoms with Crippen LogP contribution in [-0.4, -0.2) is 67.7 Å². The highest BCUT2D eigenvalue weighted by atomic mass is 15.3. The standard InChI is InChI=1S/C55H52N6/c1-51(2)53(5,6)60(9)49(58-51)46-27-22-36(31-56-46)33-19-24-38-35(29-33)21-26-42-41-25-20-34(37-23-28-47(57-32-37)50-59-52(3,4)54(7,8)61(50)10)30-45(41)55(48(38)42)43-17-13-11-15-39(43)40-16-12-14-18-44(40)55/h11-32H,1-10H3. The van der Waals surface area contributed by atoms with Crippen LogP contribution in [0.4, 0.5) is 0 Å². The van der Waals surface area contributed by atoms with Crippen molar-refractivity contribution in [3.63, 3.8) is 0 Å². The maximum absolute atomic E-state index is 5.14. The lowest BCUT2D eigenvalue weighted by atomic mass is 9.69. The molecule has 2 aromatic heterocycles. The highest BCUT2D eigenvalue weighted by Crippen LogP contribution is 2.64. The van der Waals surface area contributed by atoms with Crippen LogP contribution in [0.25, 0.3) is 55.3 Å². The molecule has 302 valence electrons. The fourth-order valence-corrected chi connectivity index (χ4v) is 10.5. The molecule has 7 aromatic rings. The molecule has 0 N–H and O–H groups in total. The molecule has 0 bridgehead atoms. The predicted octanol–water partition coefficient (Wildman–Crippen LogP) is 11.8. The number of aromatic nitrogens is 2. The third-order valence-corrected chi connectivity index (χ3v) is 15.8. The number of rotatable bonds is 4. The Hall–Kier alpha value is -6.40. The van der Waals surface area contributed by atoms with Crippen LogP contribution in [0, 0.1) is 0 Å². The fraction of sp³-hybridized carbons (Fsp3) is 0.273. The summed E-state index contributed by atoms with van der Waals surface area (Å²) in [6.07, 6.45) is 4.03. The Labute approximate surface area is 359 Å². The van der Waals surface area contributed by atoms with Crippen molar-refractivity contribution in [2.75, 3.05) is 14.1 Å². The van der Waals surface area contributed by atoms with E-state index in [-0.39, 0.29) is 22.2 Å². The van der Waals surface area contributed by atoms with Gasteiger partial charge in [-0.05, 0) is 146 Å². The molecule has 0 atom stereocenters. The summed E-state index contributed by atoms with van der Waals surface area (Å²) in [5.41, 5.74) is 15.6. The first-order chi connectivity index (χ1) is 29.1. The van der Waals surface area contributed by atoms with Crippen molar-refractivity contribution in [2.24, 2.45) is 9.98 Å². The minimum Gasteiger partial charge on any atom is -0.351 e. The summed E-state index contributed by atoms with van der Waals surface area (Å²) in [7, 11) is 4.25. The summed E-state index contributed by atoms with van der Waals surface area (Å²) in [6, 6.07) is 45.4. The average molecular weight is 797 g/mol. The van der Waals surface area contributed by atoms with E-state index in [9.17, 15) is 0 Å². The van der Waals surface area contributed by atoms with Gasteiger partial charge in [0.15, 0.2) is 11.7 Å². The molecule has 0 fully saturated rings. The number of benzene rings is 5. The lowest BCUT2D eigenvalue weighted by molar-refractivity contribution is 0.186. The van der Waals surface area contributed by atoms with Gasteiger partial charge in [0.2, 0.25) is 0 Å². The minimum absolute atomic E-state index is 0.110. The first kappa shape index (κ1) is 37.6. The number of likely N-dealkylation sites (N-methyl/N-ethyl adjacent to an activating group) is 2. The number of fused-ring (bicyclic) bond motifs is 12. The second-order valence-corrected chi connectivity index (χ2v) is 19.6. The quantitative estimate of drug-likeness (QED) is 0.178. The van der Waals surface area contributed by atoms with E-state index in [1.54, 1.807) is 0 Å². The molecule has 0 saturated heterocycles. The highest BCUT2D eigenvalue weighted by molar-refractivity contribution is 6.05. The fourth-order valence-electron chi connectivity index (χ4n) is 10.5. The Morgan fingerprint density at radius 1 is 0.426 bits per heavy atom. The molecule has 0 radical (unpaired) electrons. The van der Waals surface area contributed by atoms with Gasteiger partial charge in [-0.25, -0.2) is 0 Å². The van der Waals surface area contributed by atoms with Gasteiger partial charge in [-0.2, -0.15) is 0 Å². The molecule has 0 unspecified atom stereocenters. The Morgan fingerprint density at radius 3 is 1.38 bits per heavy atom. The van der Waals surface area contributed by atoms with Crippen molar-refractivity contribution in [1.82, 2.24) is 19.8 Å². The molecule has 4 heterocycles. The van der Waals surface area contributed by atoms with Gasteiger partial charge in [-0.1, -0.05) is 97.1 Å². The van der Waals surface area contributed by atoms with Crippen molar-refractivity contribution in [3.8, 4) is 44.5 Å². The SMILES string of the molecule is CN1C(c2ccc(-c3ccc4c(c3)C3(c5ccccc5-c5ccccc53)c3c-4ccc4cc(-c5ccc(C6=NC(C)(C)C(C)(C)N6C)nc5)ccc34)cn2)=NC(C)(C)C1(C)C. The third kappa shape index (κ3) is 4.90. The number of aliphatic imine (C=N–C) groups is 2. The predicted molar refractivity (Wildman–Crippen MR) is 252 cm³/mol. The zero-order valence-electron chi connectivity index (χ0n) is 36.9. The van der Waals surface area contributed by atoms with Crippen molar-refractivity contribution < 1.29 is 0 Å². The van der Waals surface area contributed by atoms with Gasteiger partial charge in [0.05, 0.1) is 27.6 Å². The van der Waals surface area contributed by atoms with E-state index in [0.29, 0.717) is 0 Å². The number of hydrogen-bond donors (Lipinski definition) is 0. The van der Waals surface area contributed by atoms with E-state index in [1.807, 2.05) is 12.4 Å². The van der Waals surface area contributed by atoms with Crippen molar-refractivity contribution in [3.05, 3.63) is 167 Å². The van der Waals surface area contributed by atoms with Crippen LogP contribution in [0.3, 0.4) is 0 Å². The summed E-state index contributed by atoms with van der Waals surface area (Å²) in [6.45, 7) is 17.8. The average Bonchev–Trinajstić information content (AvgIpc) is 3.84. The van der Waals surface area contributed by atoms with E-state index in [0.717, 1.165) is 45.3 Å². The second-order valence-electron chi connectivity index (χ2n) is 19.6. The van der Waals surface area contributed by atoms with Crippen molar-refractivity contribution in [2.45, 2.75) is 83.0 Å². The van der Waals surface area contributed by atoms with Gasteiger partial charge in [-0.15, -0.1) is 0 Å². The van der Waals surface area contributed by atoms with Crippen LogP contribution in [0.2, 0.25) is 0 Å². The maximum Gasteiger partial charge on any atom is 0.150 e. The summed E-state index contributed by atoms with van der Waals surface area (Å²) in [5.74, 6) is 1.88. The smallest absolute Gasteiger partial charge is 0.150 e. The van der Waals surface area contributed by atoms with Gasteiger partial charge >= 0.3 is 0 Å². The molecular weight excluding hydrogens is 745 g/mol. The summed E-state index contributed by atoms with van der Waals surface area (Å²) < 4.78 is 0. The lowest BCUT2D eigenvalue weighted by Gasteiger charge is -2.39. The van der Waals surface area contributed by atoms with Gasteiger partial charge in [0, 0.05) is 37.6 Å². The molecule has 2 aliphatic heterocycles. The Kier molecular flexibility index (Phi) is 7.61. The van der Waals surface area contributed by atoms with Gasteiger partial charge in [0.25, 0.3) is 0 Å². The number of hydrogen-bond acceptors (Lipinski definition) is 6. The molecule has 5 aromatic carbocycles. The number of nitrogens with zero attached hydrogens (tertiary/aromatic N) is 6. The molecule has 4 aliphatic rings. The molecule has 6 nitrogen and oxygen atoms in total. The van der Waals surface area contributed by atoms with Crippen LogP contribution < -0.4 is 0 Å². The Morgan fingerprint density at radius 2 is 0.885 bits per heavy atom. The Bertz CT molecular complexity index is 3010.